The Morgan fingerprint density at radius 2 is 1.74 bits per heavy atom. The van der Waals surface area contributed by atoms with Crippen molar-refractivity contribution in [2.24, 2.45) is 0 Å². The van der Waals surface area contributed by atoms with E-state index in [-0.39, 0.29) is 17.1 Å². The van der Waals surface area contributed by atoms with Crippen molar-refractivity contribution >= 4 is 60.9 Å². The van der Waals surface area contributed by atoms with Crippen LogP contribution < -0.4 is 10.1 Å². The van der Waals surface area contributed by atoms with Crippen LogP contribution in [-0.4, -0.2) is 15.8 Å². The van der Waals surface area contributed by atoms with Crippen molar-refractivity contribution < 1.29 is 19.4 Å². The molecule has 12 heteroatoms. The number of amides is 1. The first-order valence-corrected chi connectivity index (χ1v) is 11.3. The zero-order chi connectivity index (χ0) is 25.7. The summed E-state index contributed by atoms with van der Waals surface area (Å²) in [6.45, 7) is 1.88. The van der Waals surface area contributed by atoms with E-state index in [0.717, 1.165) is 23.8 Å². The van der Waals surface area contributed by atoms with E-state index in [9.17, 15) is 30.3 Å². The van der Waals surface area contributed by atoms with E-state index in [0.29, 0.717) is 20.2 Å². The van der Waals surface area contributed by atoms with E-state index in [4.69, 9.17) is 4.74 Å². The summed E-state index contributed by atoms with van der Waals surface area (Å²) in [5.41, 5.74) is 0.779. The first-order chi connectivity index (χ1) is 16.6. The number of carbonyl (C=O) groups excluding carboxylic acids is 1. The van der Waals surface area contributed by atoms with Crippen molar-refractivity contribution in [3.8, 4) is 17.6 Å². The van der Waals surface area contributed by atoms with Crippen LogP contribution >= 0.6 is 31.9 Å². The second kappa shape index (κ2) is 10.9. The molecule has 0 fully saturated rings. The summed E-state index contributed by atoms with van der Waals surface area (Å²) in [4.78, 5) is 33.3. The van der Waals surface area contributed by atoms with E-state index in [1.807, 2.05) is 19.1 Å². The predicted molar refractivity (Wildman–Crippen MR) is 135 cm³/mol. The maximum Gasteiger partial charge on any atom is 0.318 e. The number of nitrogens with zero attached hydrogens (tertiary/aromatic N) is 3. The monoisotopic (exact) mass is 600 g/mol. The number of non-ortho nitro benzene ring substituents is 1. The molecule has 0 unspecified atom stereocenters. The number of aryl methyl sites for hydroxylation is 1. The van der Waals surface area contributed by atoms with Crippen molar-refractivity contribution in [1.82, 2.24) is 0 Å². The molecule has 35 heavy (non-hydrogen) atoms. The van der Waals surface area contributed by atoms with Gasteiger partial charge in [0.1, 0.15) is 11.6 Å². The van der Waals surface area contributed by atoms with Gasteiger partial charge in [0, 0.05) is 11.8 Å². The highest BCUT2D eigenvalue weighted by Crippen LogP contribution is 2.41. The third kappa shape index (κ3) is 6.28. The molecule has 0 radical (unpaired) electrons. The number of ether oxygens (including phenoxy) is 1. The van der Waals surface area contributed by atoms with Gasteiger partial charge in [-0.05, 0) is 86.3 Å². The Hall–Kier alpha value is -4.08. The van der Waals surface area contributed by atoms with Crippen LogP contribution in [0.4, 0.5) is 17.1 Å². The fourth-order valence-electron chi connectivity index (χ4n) is 2.96. The Balaban J connectivity index is 1.90. The fourth-order valence-corrected chi connectivity index (χ4v) is 4.34. The van der Waals surface area contributed by atoms with Crippen LogP contribution in [0.25, 0.3) is 6.08 Å². The van der Waals surface area contributed by atoms with Crippen LogP contribution in [0.2, 0.25) is 0 Å². The molecule has 1 N–H and O–H groups in total. The van der Waals surface area contributed by atoms with Gasteiger partial charge in [0.25, 0.3) is 11.6 Å². The van der Waals surface area contributed by atoms with Crippen molar-refractivity contribution in [3.63, 3.8) is 0 Å². The topological polar surface area (TPSA) is 148 Å². The summed E-state index contributed by atoms with van der Waals surface area (Å²) in [6, 6.07) is 15.1. The third-order valence-corrected chi connectivity index (χ3v) is 5.71. The number of hydrogen-bond acceptors (Lipinski definition) is 7. The van der Waals surface area contributed by atoms with Gasteiger partial charge in [0.2, 0.25) is 5.75 Å². The molecule has 3 aromatic rings. The summed E-state index contributed by atoms with van der Waals surface area (Å²) < 4.78 is 6.37. The number of nitro benzene ring substituents is 2. The van der Waals surface area contributed by atoms with Crippen LogP contribution in [0.5, 0.6) is 11.5 Å². The average molecular weight is 602 g/mol. The Bertz CT molecular complexity index is 1410. The maximum absolute atomic E-state index is 12.6. The minimum atomic E-state index is -0.784. The van der Waals surface area contributed by atoms with Crippen molar-refractivity contribution in [1.29, 1.82) is 5.26 Å². The molecule has 10 nitrogen and oxygen atoms in total. The number of halogens is 2. The highest BCUT2D eigenvalue weighted by Gasteiger charge is 2.23. The van der Waals surface area contributed by atoms with Crippen LogP contribution in [0.1, 0.15) is 11.1 Å². The quantitative estimate of drug-likeness (QED) is 0.137. The molecule has 0 aliphatic carbocycles. The van der Waals surface area contributed by atoms with Gasteiger partial charge in [0.05, 0.1) is 24.9 Å². The maximum atomic E-state index is 12.6. The van der Waals surface area contributed by atoms with Gasteiger partial charge in [-0.2, -0.15) is 5.26 Å². The van der Waals surface area contributed by atoms with Gasteiger partial charge in [-0.3, -0.25) is 25.0 Å². The molecule has 176 valence electrons. The average Bonchev–Trinajstić information content (AvgIpc) is 2.79. The van der Waals surface area contributed by atoms with Crippen LogP contribution in [0.15, 0.2) is 69.1 Å². The van der Waals surface area contributed by atoms with Crippen LogP contribution in [0, 0.1) is 38.5 Å². The number of nitro groups is 2. The highest BCUT2D eigenvalue weighted by atomic mass is 79.9. The zero-order valence-corrected chi connectivity index (χ0v) is 21.0. The number of rotatable bonds is 7. The van der Waals surface area contributed by atoms with Crippen molar-refractivity contribution in [3.05, 3.63) is 100 Å². The number of hydrogen-bond donors (Lipinski definition) is 1. The number of carbonyl (C=O) groups is 1. The van der Waals surface area contributed by atoms with Gasteiger partial charge >= 0.3 is 5.69 Å². The Morgan fingerprint density at radius 1 is 1.06 bits per heavy atom. The Morgan fingerprint density at radius 3 is 2.31 bits per heavy atom. The molecule has 1 amide bonds. The van der Waals surface area contributed by atoms with Gasteiger partial charge in [0.15, 0.2) is 5.75 Å². The zero-order valence-electron chi connectivity index (χ0n) is 17.8. The minimum absolute atomic E-state index is 0.148. The number of nitrogens with one attached hydrogen (secondary N) is 1. The lowest BCUT2D eigenvalue weighted by Crippen LogP contribution is -2.13. The first kappa shape index (κ1) is 25.5. The van der Waals surface area contributed by atoms with E-state index in [1.54, 1.807) is 30.3 Å². The predicted octanol–water partition coefficient (Wildman–Crippen LogP) is 6.67. The molecule has 0 saturated heterocycles. The summed E-state index contributed by atoms with van der Waals surface area (Å²) >= 11 is 6.64. The van der Waals surface area contributed by atoms with E-state index in [2.05, 4.69) is 37.2 Å². The van der Waals surface area contributed by atoms with Gasteiger partial charge in [-0.25, -0.2) is 0 Å². The van der Waals surface area contributed by atoms with E-state index < -0.39 is 27.1 Å². The number of nitriles is 1. The molecule has 0 atom stereocenters. The largest absolute Gasteiger partial charge is 0.448 e. The smallest absolute Gasteiger partial charge is 0.318 e. The standard InChI is InChI=1S/C23H14Br2N4O6/c1-13-3-2-4-16(7-13)27-23(30)15(12-26)8-14-9-18(24)22(19(25)10-14)35-21-6-5-17(28(31)32)11-20(21)29(33)34/h2-11H,1H3,(H,27,30)/b15-8+. The lowest BCUT2D eigenvalue weighted by molar-refractivity contribution is -0.394. The molecular formula is C23H14Br2N4O6. The third-order valence-electron chi connectivity index (χ3n) is 4.53. The van der Waals surface area contributed by atoms with Crippen molar-refractivity contribution in [2.75, 3.05) is 5.32 Å². The van der Waals surface area contributed by atoms with Crippen LogP contribution in [-0.2, 0) is 4.79 Å². The summed E-state index contributed by atoms with van der Waals surface area (Å²) in [5, 5.41) is 34.5. The minimum Gasteiger partial charge on any atom is -0.448 e. The molecule has 3 rings (SSSR count). The molecule has 0 aromatic heterocycles. The first-order valence-electron chi connectivity index (χ1n) is 9.68. The SMILES string of the molecule is Cc1cccc(NC(=O)/C(C#N)=C/c2cc(Br)c(Oc3ccc([N+](=O)[O-])cc3[N+](=O)[O-])c(Br)c2)c1. The molecular weight excluding hydrogens is 588 g/mol. The second-order valence-electron chi connectivity index (χ2n) is 7.08. The lowest BCUT2D eigenvalue weighted by Gasteiger charge is -2.11. The molecule has 0 aliphatic heterocycles. The van der Waals surface area contributed by atoms with Gasteiger partial charge in [-0.1, -0.05) is 12.1 Å². The summed E-state index contributed by atoms with van der Waals surface area (Å²) in [6.07, 6.45) is 1.37. The van der Waals surface area contributed by atoms with Crippen molar-refractivity contribution in [2.45, 2.75) is 6.92 Å². The number of benzene rings is 3. The second-order valence-corrected chi connectivity index (χ2v) is 8.78. The normalized spacial score (nSPS) is 10.9. The molecule has 0 heterocycles. The highest BCUT2D eigenvalue weighted by molar-refractivity contribution is 9.11. The van der Waals surface area contributed by atoms with Gasteiger partial charge < -0.3 is 10.1 Å². The Labute approximate surface area is 215 Å². The van der Waals surface area contributed by atoms with E-state index in [1.165, 1.54) is 6.08 Å². The van der Waals surface area contributed by atoms with E-state index >= 15 is 0 Å². The lowest BCUT2D eigenvalue weighted by atomic mass is 10.1. The summed E-state index contributed by atoms with van der Waals surface area (Å²) in [5.74, 6) is -0.644. The molecule has 3 aromatic carbocycles. The molecule has 0 aliphatic rings. The number of anilines is 1. The van der Waals surface area contributed by atoms with Crippen LogP contribution in [0.3, 0.4) is 0 Å². The fraction of sp³-hybridized carbons (Fsp3) is 0.0435. The molecule has 0 bridgehead atoms. The molecule has 0 saturated carbocycles. The summed E-state index contributed by atoms with van der Waals surface area (Å²) in [7, 11) is 0. The van der Waals surface area contributed by atoms with Gasteiger partial charge in [-0.15, -0.1) is 0 Å². The molecule has 0 spiro atoms. The Kier molecular flexibility index (Phi) is 7.95.